The van der Waals surface area contributed by atoms with Crippen molar-refractivity contribution in [2.45, 2.75) is 12.5 Å². The maximum absolute atomic E-state index is 12.2. The van der Waals surface area contributed by atoms with Crippen LogP contribution in [0.5, 0.6) is 0 Å². The van der Waals surface area contributed by atoms with Crippen LogP contribution in [0.3, 0.4) is 0 Å². The number of hydrogen-bond donors (Lipinski definition) is 3. The number of nitrogens with one attached hydrogen (secondary N) is 1. The van der Waals surface area contributed by atoms with Gasteiger partial charge < -0.3 is 15.6 Å². The second kappa shape index (κ2) is 6.45. The maximum Gasteiger partial charge on any atom is 0.326 e. The normalized spacial score (nSPS) is 12.0. The van der Waals surface area contributed by atoms with Gasteiger partial charge in [0.05, 0.1) is 5.52 Å². The molecule has 0 saturated carbocycles. The molecule has 0 radical (unpaired) electrons. The predicted molar refractivity (Wildman–Crippen MR) is 88.2 cm³/mol. The number of benzene rings is 2. The molecule has 2 aromatic carbocycles. The van der Waals surface area contributed by atoms with E-state index < -0.39 is 17.9 Å². The lowest BCUT2D eigenvalue weighted by molar-refractivity contribution is -0.139. The fourth-order valence-corrected chi connectivity index (χ4v) is 2.65. The van der Waals surface area contributed by atoms with Crippen molar-refractivity contribution < 1.29 is 19.9 Å². The summed E-state index contributed by atoms with van der Waals surface area (Å²) >= 11 is 0. The smallest absolute Gasteiger partial charge is 0.326 e. The number of fused-ring (bicyclic) bond motifs is 1. The highest BCUT2D eigenvalue weighted by atomic mass is 16.5. The van der Waals surface area contributed by atoms with E-state index in [2.05, 4.69) is 5.32 Å². The van der Waals surface area contributed by atoms with Crippen molar-refractivity contribution in [3.63, 3.8) is 0 Å². The number of carbonyl (C=O) groups is 2. The van der Waals surface area contributed by atoms with Crippen LogP contribution in [0.25, 0.3) is 10.9 Å². The number of amides is 1. The zero-order valence-electron chi connectivity index (χ0n) is 12.7. The molecule has 3 N–H and O–H groups in total. The topological polar surface area (TPSA) is 91.6 Å². The molecule has 3 rings (SSSR count). The average molecular weight is 324 g/mol. The van der Waals surface area contributed by atoms with E-state index in [9.17, 15) is 19.9 Å². The fraction of sp³-hybridized carbons (Fsp3) is 0.111. The van der Waals surface area contributed by atoms with Crippen LogP contribution >= 0.6 is 0 Å². The minimum Gasteiger partial charge on any atom is -0.480 e. The van der Waals surface area contributed by atoms with E-state index in [0.29, 0.717) is 16.6 Å². The summed E-state index contributed by atoms with van der Waals surface area (Å²) in [7, 11) is 0. The van der Waals surface area contributed by atoms with Gasteiger partial charge in [-0.25, -0.2) is 4.79 Å². The molecule has 0 spiro atoms. The Morgan fingerprint density at radius 3 is 2.42 bits per heavy atom. The number of carboxylic acids is 1. The van der Waals surface area contributed by atoms with Crippen molar-refractivity contribution in [2.75, 3.05) is 0 Å². The van der Waals surface area contributed by atoms with Gasteiger partial charge >= 0.3 is 5.97 Å². The molecule has 0 bridgehead atoms. The number of rotatable bonds is 5. The second-order valence-electron chi connectivity index (χ2n) is 5.45. The molecule has 0 saturated heterocycles. The van der Waals surface area contributed by atoms with Crippen LogP contribution in [-0.2, 0) is 11.2 Å². The van der Waals surface area contributed by atoms with Gasteiger partial charge in [-0.2, -0.15) is 4.73 Å². The Morgan fingerprint density at radius 2 is 1.71 bits per heavy atom. The molecule has 0 aliphatic carbocycles. The highest BCUT2D eigenvalue weighted by Crippen LogP contribution is 2.21. The molecule has 3 aromatic rings. The number of para-hydroxylation sites is 1. The van der Waals surface area contributed by atoms with Crippen LogP contribution in [0.2, 0.25) is 0 Å². The van der Waals surface area contributed by atoms with E-state index in [1.165, 1.54) is 6.20 Å². The maximum atomic E-state index is 12.2. The molecule has 6 heteroatoms. The number of nitrogens with zero attached hydrogens (tertiary/aromatic N) is 1. The minimum absolute atomic E-state index is 0.0714. The summed E-state index contributed by atoms with van der Waals surface area (Å²) in [5.41, 5.74) is 1.63. The van der Waals surface area contributed by atoms with Crippen molar-refractivity contribution in [1.29, 1.82) is 0 Å². The van der Waals surface area contributed by atoms with Crippen LogP contribution in [0.1, 0.15) is 15.9 Å². The SMILES string of the molecule is O=C(NC(Cc1cn(O)c2ccccc12)C(=O)O)c1ccccc1. The summed E-state index contributed by atoms with van der Waals surface area (Å²) in [5.74, 6) is -1.58. The molecule has 0 aliphatic heterocycles. The van der Waals surface area contributed by atoms with Gasteiger partial charge in [-0.15, -0.1) is 0 Å². The van der Waals surface area contributed by atoms with E-state index in [1.54, 1.807) is 48.5 Å². The Morgan fingerprint density at radius 1 is 1.04 bits per heavy atom. The van der Waals surface area contributed by atoms with Gasteiger partial charge in [0.2, 0.25) is 0 Å². The highest BCUT2D eigenvalue weighted by Gasteiger charge is 2.23. The molecule has 122 valence electrons. The van der Waals surface area contributed by atoms with Crippen molar-refractivity contribution in [3.8, 4) is 0 Å². The summed E-state index contributed by atoms with van der Waals surface area (Å²) in [6.45, 7) is 0. The number of carbonyl (C=O) groups excluding carboxylic acids is 1. The van der Waals surface area contributed by atoms with Gasteiger partial charge in [-0.3, -0.25) is 4.79 Å². The first kappa shape index (κ1) is 15.6. The van der Waals surface area contributed by atoms with E-state index in [0.717, 1.165) is 10.1 Å². The second-order valence-corrected chi connectivity index (χ2v) is 5.45. The van der Waals surface area contributed by atoms with Crippen molar-refractivity contribution in [3.05, 3.63) is 71.9 Å². The molecule has 0 aliphatic rings. The standard InChI is InChI=1S/C18H16N2O4/c21-17(12-6-2-1-3-7-12)19-15(18(22)23)10-13-11-20(24)16-9-5-4-8-14(13)16/h1-9,11,15,24H,10H2,(H,19,21)(H,22,23). The molecule has 1 atom stereocenters. The molecule has 1 aromatic heterocycles. The van der Waals surface area contributed by atoms with Crippen molar-refractivity contribution >= 4 is 22.8 Å². The van der Waals surface area contributed by atoms with Crippen molar-refractivity contribution in [1.82, 2.24) is 10.0 Å². The lowest BCUT2D eigenvalue weighted by Crippen LogP contribution is -2.42. The number of aromatic nitrogens is 1. The minimum atomic E-state index is -1.13. The summed E-state index contributed by atoms with van der Waals surface area (Å²) in [6.07, 6.45) is 1.54. The number of aliphatic carboxylic acids is 1. The summed E-state index contributed by atoms with van der Waals surface area (Å²) < 4.78 is 0.961. The van der Waals surface area contributed by atoms with E-state index in [1.807, 2.05) is 6.07 Å². The average Bonchev–Trinajstić information content (AvgIpc) is 2.91. The van der Waals surface area contributed by atoms with Crippen LogP contribution in [0.4, 0.5) is 0 Å². The Bertz CT molecular complexity index is 886. The monoisotopic (exact) mass is 324 g/mol. The Balaban J connectivity index is 1.84. The third-order valence-corrected chi connectivity index (χ3v) is 3.84. The van der Waals surface area contributed by atoms with E-state index >= 15 is 0 Å². The van der Waals surface area contributed by atoms with Crippen LogP contribution < -0.4 is 5.32 Å². The zero-order chi connectivity index (χ0) is 17.1. The number of carboxylic acid groups (broad SMARTS) is 1. The Labute approximate surface area is 137 Å². The molecule has 24 heavy (non-hydrogen) atoms. The van der Waals surface area contributed by atoms with E-state index in [4.69, 9.17) is 0 Å². The van der Waals surface area contributed by atoms with E-state index in [-0.39, 0.29) is 6.42 Å². The van der Waals surface area contributed by atoms with Gasteiger partial charge in [0.15, 0.2) is 0 Å². The lowest BCUT2D eigenvalue weighted by atomic mass is 10.0. The molecule has 0 fully saturated rings. The fourth-order valence-electron chi connectivity index (χ4n) is 2.65. The molecule has 6 nitrogen and oxygen atoms in total. The lowest BCUT2D eigenvalue weighted by Gasteiger charge is -2.14. The predicted octanol–water partition coefficient (Wildman–Crippen LogP) is 2.30. The first-order chi connectivity index (χ1) is 11.6. The first-order valence-electron chi connectivity index (χ1n) is 7.43. The first-order valence-corrected chi connectivity index (χ1v) is 7.43. The molecule has 1 heterocycles. The summed E-state index contributed by atoms with van der Waals surface area (Å²) in [5, 5.41) is 22.6. The highest BCUT2D eigenvalue weighted by molar-refractivity contribution is 5.96. The van der Waals surface area contributed by atoms with Gasteiger partial charge in [-0.1, -0.05) is 36.4 Å². The molecule has 1 unspecified atom stereocenters. The number of hydrogen-bond acceptors (Lipinski definition) is 3. The third-order valence-electron chi connectivity index (χ3n) is 3.84. The van der Waals surface area contributed by atoms with Crippen LogP contribution in [0.15, 0.2) is 60.8 Å². The summed E-state index contributed by atoms with van der Waals surface area (Å²) in [4.78, 5) is 23.7. The molecule has 1 amide bonds. The largest absolute Gasteiger partial charge is 0.480 e. The van der Waals surface area contributed by atoms with Gasteiger partial charge in [0, 0.05) is 23.6 Å². The van der Waals surface area contributed by atoms with Gasteiger partial charge in [-0.05, 0) is 23.8 Å². The molecular formula is C18H16N2O4. The van der Waals surface area contributed by atoms with Crippen LogP contribution in [-0.4, -0.2) is 33.0 Å². The zero-order valence-corrected chi connectivity index (χ0v) is 12.7. The Kier molecular flexibility index (Phi) is 4.20. The van der Waals surface area contributed by atoms with Gasteiger partial charge in [0.25, 0.3) is 5.91 Å². The third kappa shape index (κ3) is 3.08. The quantitative estimate of drug-likeness (QED) is 0.628. The molecular weight excluding hydrogens is 308 g/mol. The van der Waals surface area contributed by atoms with Crippen LogP contribution in [0, 0.1) is 0 Å². The summed E-state index contributed by atoms with van der Waals surface area (Å²) in [6, 6.07) is 14.5. The van der Waals surface area contributed by atoms with Crippen molar-refractivity contribution in [2.24, 2.45) is 0 Å². The Hall–Kier alpha value is -3.28. The van der Waals surface area contributed by atoms with Gasteiger partial charge in [0.1, 0.15) is 6.04 Å².